The van der Waals surface area contributed by atoms with Crippen molar-refractivity contribution in [1.82, 2.24) is 0 Å². The van der Waals surface area contributed by atoms with Gasteiger partial charge < -0.3 is 14.8 Å². The van der Waals surface area contributed by atoms with Crippen LogP contribution >= 0.6 is 0 Å². The van der Waals surface area contributed by atoms with Crippen LogP contribution in [0.5, 0.6) is 11.5 Å². The molecule has 3 aromatic carbocycles. The van der Waals surface area contributed by atoms with Crippen molar-refractivity contribution in [2.75, 3.05) is 19.5 Å². The lowest BCUT2D eigenvalue weighted by Crippen LogP contribution is -2.16. The lowest BCUT2D eigenvalue weighted by Gasteiger charge is -2.22. The van der Waals surface area contributed by atoms with Crippen LogP contribution in [-0.4, -0.2) is 20.0 Å². The second kappa shape index (κ2) is 9.86. The predicted octanol–water partition coefficient (Wildman–Crippen LogP) is 6.57. The maximum Gasteiger partial charge on any atom is 0.165 e. The van der Waals surface area contributed by atoms with Crippen LogP contribution in [0.1, 0.15) is 54.7 Å². The summed E-state index contributed by atoms with van der Waals surface area (Å²) in [5.74, 6) is 0.895. The SMILES string of the molecule is COc1ccc([C@@H](CC(=O)c2ccc(C(C)(C)C)cc2)Nc2ccc(F)cc2)cc1OC. The Balaban J connectivity index is 1.90. The predicted molar refractivity (Wildman–Crippen MR) is 126 cm³/mol. The Labute approximate surface area is 189 Å². The summed E-state index contributed by atoms with van der Waals surface area (Å²) in [4.78, 5) is 13.2. The summed E-state index contributed by atoms with van der Waals surface area (Å²) in [7, 11) is 3.16. The standard InChI is InChI=1S/C27H30FNO3/c1-27(2,3)20-9-6-18(7-10-20)24(30)17-23(29-22-13-11-21(28)12-14-22)19-8-15-25(31-4)26(16-19)32-5/h6-16,23,29H,17H2,1-5H3/t23-/m1/s1. The number of halogens is 1. The number of ketones is 1. The van der Waals surface area contributed by atoms with Gasteiger partial charge in [-0.05, 0) is 52.9 Å². The first-order valence-electron chi connectivity index (χ1n) is 10.6. The molecule has 0 aliphatic rings. The van der Waals surface area contributed by atoms with Crippen LogP contribution in [0.4, 0.5) is 10.1 Å². The van der Waals surface area contributed by atoms with Crippen molar-refractivity contribution in [2.45, 2.75) is 38.6 Å². The average molecular weight is 436 g/mol. The lowest BCUT2D eigenvalue weighted by molar-refractivity contribution is 0.0976. The van der Waals surface area contributed by atoms with Gasteiger partial charge in [0.05, 0.1) is 20.3 Å². The van der Waals surface area contributed by atoms with Gasteiger partial charge >= 0.3 is 0 Å². The highest BCUT2D eigenvalue weighted by atomic mass is 19.1. The molecule has 5 heteroatoms. The van der Waals surface area contributed by atoms with Gasteiger partial charge in [0.1, 0.15) is 5.82 Å². The molecule has 0 saturated heterocycles. The Bertz CT molecular complexity index is 1050. The molecule has 32 heavy (non-hydrogen) atoms. The molecule has 0 aliphatic heterocycles. The van der Waals surface area contributed by atoms with E-state index in [-0.39, 0.29) is 29.5 Å². The molecule has 0 radical (unpaired) electrons. The molecule has 4 nitrogen and oxygen atoms in total. The first kappa shape index (κ1) is 23.3. The van der Waals surface area contributed by atoms with Crippen molar-refractivity contribution in [2.24, 2.45) is 0 Å². The Hall–Kier alpha value is -3.34. The molecule has 0 amide bonds. The second-order valence-corrected chi connectivity index (χ2v) is 8.77. The molecule has 0 saturated carbocycles. The first-order chi connectivity index (χ1) is 15.2. The zero-order valence-corrected chi connectivity index (χ0v) is 19.2. The average Bonchev–Trinajstić information content (AvgIpc) is 2.79. The van der Waals surface area contributed by atoms with Crippen molar-refractivity contribution in [3.05, 3.63) is 89.2 Å². The maximum atomic E-state index is 13.4. The number of hydrogen-bond donors (Lipinski definition) is 1. The third kappa shape index (κ3) is 5.67. The van der Waals surface area contributed by atoms with Crippen LogP contribution in [-0.2, 0) is 5.41 Å². The molecule has 0 aromatic heterocycles. The maximum absolute atomic E-state index is 13.4. The van der Waals surface area contributed by atoms with Gasteiger partial charge in [-0.1, -0.05) is 51.1 Å². The molecule has 0 unspecified atom stereocenters. The topological polar surface area (TPSA) is 47.6 Å². The summed E-state index contributed by atoms with van der Waals surface area (Å²) in [5, 5.41) is 3.36. The molecule has 0 spiro atoms. The van der Waals surface area contributed by atoms with Crippen molar-refractivity contribution in [3.8, 4) is 11.5 Å². The largest absolute Gasteiger partial charge is 0.493 e. The third-order valence-corrected chi connectivity index (χ3v) is 5.46. The highest BCUT2D eigenvalue weighted by Gasteiger charge is 2.20. The Morgan fingerprint density at radius 3 is 2.09 bits per heavy atom. The number of carbonyl (C=O) groups is 1. The van der Waals surface area contributed by atoms with Crippen LogP contribution in [0, 0.1) is 5.82 Å². The van der Waals surface area contributed by atoms with E-state index in [1.807, 2.05) is 42.5 Å². The van der Waals surface area contributed by atoms with Crippen LogP contribution in [0.15, 0.2) is 66.7 Å². The number of benzene rings is 3. The molecule has 0 heterocycles. The highest BCUT2D eigenvalue weighted by Crippen LogP contribution is 2.33. The van der Waals surface area contributed by atoms with Crippen LogP contribution in [0.2, 0.25) is 0 Å². The smallest absolute Gasteiger partial charge is 0.165 e. The quantitative estimate of drug-likeness (QED) is 0.407. The van der Waals surface area contributed by atoms with E-state index in [0.717, 1.165) is 11.3 Å². The van der Waals surface area contributed by atoms with Gasteiger partial charge in [0, 0.05) is 17.7 Å². The van der Waals surface area contributed by atoms with Gasteiger partial charge in [0.25, 0.3) is 0 Å². The van der Waals surface area contributed by atoms with E-state index in [9.17, 15) is 9.18 Å². The van der Waals surface area contributed by atoms with Gasteiger partial charge in [0.2, 0.25) is 0 Å². The fourth-order valence-electron chi connectivity index (χ4n) is 3.53. The minimum Gasteiger partial charge on any atom is -0.493 e. The molecule has 3 rings (SSSR count). The van der Waals surface area contributed by atoms with E-state index in [1.54, 1.807) is 26.4 Å². The fraction of sp³-hybridized carbons (Fsp3) is 0.296. The van der Waals surface area contributed by atoms with Gasteiger partial charge in [-0.15, -0.1) is 0 Å². The molecule has 168 valence electrons. The van der Waals surface area contributed by atoms with Crippen LogP contribution < -0.4 is 14.8 Å². The van der Waals surface area contributed by atoms with E-state index in [0.29, 0.717) is 17.1 Å². The summed E-state index contributed by atoms with van der Waals surface area (Å²) in [5.41, 5.74) is 3.45. The number of nitrogens with one attached hydrogen (secondary N) is 1. The molecule has 0 bridgehead atoms. The van der Waals surface area contributed by atoms with Gasteiger partial charge in [-0.3, -0.25) is 4.79 Å². The van der Waals surface area contributed by atoms with Crippen molar-refractivity contribution in [1.29, 1.82) is 0 Å². The number of ether oxygens (including phenoxy) is 2. The molecule has 1 N–H and O–H groups in total. The van der Waals surface area contributed by atoms with Crippen LogP contribution in [0.3, 0.4) is 0 Å². The summed E-state index contributed by atoms with van der Waals surface area (Å²) in [6.07, 6.45) is 0.224. The Kier molecular flexibility index (Phi) is 7.18. The summed E-state index contributed by atoms with van der Waals surface area (Å²) >= 11 is 0. The highest BCUT2D eigenvalue weighted by molar-refractivity contribution is 5.96. The van der Waals surface area contributed by atoms with Crippen LogP contribution in [0.25, 0.3) is 0 Å². The zero-order chi connectivity index (χ0) is 23.3. The summed E-state index contributed by atoms with van der Waals surface area (Å²) in [6, 6.07) is 19.1. The number of carbonyl (C=O) groups excluding carboxylic acids is 1. The number of methoxy groups -OCH3 is 2. The summed E-state index contributed by atoms with van der Waals surface area (Å²) < 4.78 is 24.1. The second-order valence-electron chi connectivity index (χ2n) is 8.77. The minimum atomic E-state index is -0.338. The number of anilines is 1. The van der Waals surface area contributed by atoms with Crippen molar-refractivity contribution >= 4 is 11.5 Å². The van der Waals surface area contributed by atoms with Gasteiger partial charge in [0.15, 0.2) is 17.3 Å². The number of Topliss-reactive ketones (excluding diaryl/α,β-unsaturated/α-hetero) is 1. The first-order valence-corrected chi connectivity index (χ1v) is 10.6. The number of hydrogen-bond acceptors (Lipinski definition) is 4. The molecule has 0 aliphatic carbocycles. The Morgan fingerprint density at radius 1 is 0.906 bits per heavy atom. The molecule has 0 fully saturated rings. The Morgan fingerprint density at radius 2 is 1.53 bits per heavy atom. The van der Waals surface area contributed by atoms with E-state index in [1.165, 1.54) is 17.7 Å². The van der Waals surface area contributed by atoms with Crippen molar-refractivity contribution in [3.63, 3.8) is 0 Å². The monoisotopic (exact) mass is 435 g/mol. The summed E-state index contributed by atoms with van der Waals surface area (Å²) in [6.45, 7) is 6.43. The molecular weight excluding hydrogens is 405 g/mol. The fourth-order valence-corrected chi connectivity index (χ4v) is 3.53. The molecule has 3 aromatic rings. The normalized spacial score (nSPS) is 12.2. The number of rotatable bonds is 8. The molecular formula is C27H30FNO3. The minimum absolute atomic E-state index is 0.0138. The van der Waals surface area contributed by atoms with E-state index in [4.69, 9.17) is 9.47 Å². The zero-order valence-electron chi connectivity index (χ0n) is 19.2. The van der Waals surface area contributed by atoms with E-state index >= 15 is 0 Å². The van der Waals surface area contributed by atoms with E-state index < -0.39 is 0 Å². The lowest BCUT2D eigenvalue weighted by atomic mass is 9.86. The van der Waals surface area contributed by atoms with Gasteiger partial charge in [-0.2, -0.15) is 0 Å². The van der Waals surface area contributed by atoms with Gasteiger partial charge in [-0.25, -0.2) is 4.39 Å². The molecule has 1 atom stereocenters. The van der Waals surface area contributed by atoms with E-state index in [2.05, 4.69) is 26.1 Å². The van der Waals surface area contributed by atoms with Crippen molar-refractivity contribution < 1.29 is 18.7 Å². The third-order valence-electron chi connectivity index (χ3n) is 5.46.